The minimum atomic E-state index is 1.10. The Hall–Kier alpha value is -7.78. The predicted octanol–water partition coefficient (Wildman–Crippen LogP) is 17.5. The first-order valence-corrected chi connectivity index (χ1v) is 22.0. The van der Waals surface area contributed by atoms with Crippen molar-refractivity contribution in [2.45, 2.75) is 0 Å². The zero-order chi connectivity index (χ0) is 41.2. The van der Waals surface area contributed by atoms with Crippen LogP contribution in [0.3, 0.4) is 0 Å². The van der Waals surface area contributed by atoms with Gasteiger partial charge in [-0.2, -0.15) is 0 Å². The number of anilines is 3. The molecule has 0 N–H and O–H groups in total. The number of benzene rings is 10. The summed E-state index contributed by atoms with van der Waals surface area (Å²) in [6, 6.07) is 90.0. The van der Waals surface area contributed by atoms with Gasteiger partial charge in [0.15, 0.2) is 0 Å². The van der Waals surface area contributed by atoms with Crippen molar-refractivity contribution in [3.63, 3.8) is 0 Å². The van der Waals surface area contributed by atoms with Crippen molar-refractivity contribution in [1.29, 1.82) is 0 Å². The lowest BCUT2D eigenvalue weighted by Crippen LogP contribution is -2.09. The molecule has 0 saturated carbocycles. The molecule has 1 nitrogen and oxygen atoms in total. The summed E-state index contributed by atoms with van der Waals surface area (Å²) < 4.78 is 2.65. The third-order valence-electron chi connectivity index (χ3n) is 11.9. The second-order valence-corrected chi connectivity index (χ2v) is 16.7. The van der Waals surface area contributed by atoms with Gasteiger partial charge in [0.05, 0.1) is 0 Å². The number of hydrogen-bond acceptors (Lipinski definition) is 2. The van der Waals surface area contributed by atoms with Gasteiger partial charge in [-0.3, -0.25) is 0 Å². The van der Waals surface area contributed by atoms with E-state index in [9.17, 15) is 0 Å². The minimum Gasteiger partial charge on any atom is -0.311 e. The third-order valence-corrected chi connectivity index (χ3v) is 13.2. The van der Waals surface area contributed by atoms with E-state index in [1.165, 1.54) is 86.9 Å². The van der Waals surface area contributed by atoms with Gasteiger partial charge in [-0.15, -0.1) is 11.3 Å². The van der Waals surface area contributed by atoms with Gasteiger partial charge in [0.1, 0.15) is 0 Å². The lowest BCUT2D eigenvalue weighted by molar-refractivity contribution is 1.28. The highest BCUT2D eigenvalue weighted by Crippen LogP contribution is 2.44. The maximum atomic E-state index is 2.35. The van der Waals surface area contributed by atoms with Crippen LogP contribution in [0.1, 0.15) is 0 Å². The monoisotopic (exact) mass is 807 g/mol. The Balaban J connectivity index is 0.925. The van der Waals surface area contributed by atoms with E-state index in [1.807, 2.05) is 11.3 Å². The van der Waals surface area contributed by atoms with Crippen LogP contribution in [0.25, 0.3) is 86.9 Å². The van der Waals surface area contributed by atoms with Crippen molar-refractivity contribution in [3.05, 3.63) is 249 Å². The number of nitrogens with zero attached hydrogens (tertiary/aromatic N) is 1. The average Bonchev–Trinajstić information content (AvgIpc) is 3.75. The van der Waals surface area contributed by atoms with Crippen molar-refractivity contribution in [1.82, 2.24) is 0 Å². The third kappa shape index (κ3) is 7.17. The Bertz CT molecular complexity index is 3280. The van der Waals surface area contributed by atoms with Crippen LogP contribution in [-0.2, 0) is 0 Å². The summed E-state index contributed by atoms with van der Waals surface area (Å²) in [5.41, 5.74) is 17.9. The average molecular weight is 808 g/mol. The molecule has 0 unspecified atom stereocenters. The fourth-order valence-electron chi connectivity index (χ4n) is 8.73. The van der Waals surface area contributed by atoms with Crippen LogP contribution in [0.15, 0.2) is 249 Å². The molecule has 0 spiro atoms. The normalized spacial score (nSPS) is 11.2. The number of rotatable bonds is 9. The summed E-state index contributed by atoms with van der Waals surface area (Å²) in [5.74, 6) is 0. The second-order valence-electron chi connectivity index (χ2n) is 15.7. The molecule has 1 aromatic heterocycles. The maximum Gasteiger partial charge on any atom is 0.0462 e. The van der Waals surface area contributed by atoms with Gasteiger partial charge in [-0.25, -0.2) is 0 Å². The van der Waals surface area contributed by atoms with Gasteiger partial charge in [-0.05, 0) is 109 Å². The highest BCUT2D eigenvalue weighted by atomic mass is 32.1. The van der Waals surface area contributed by atoms with Gasteiger partial charge in [0.25, 0.3) is 0 Å². The summed E-state index contributed by atoms with van der Waals surface area (Å²) in [7, 11) is 0. The molecule has 0 saturated heterocycles. The molecule has 11 aromatic rings. The minimum absolute atomic E-state index is 1.10. The smallest absolute Gasteiger partial charge is 0.0462 e. The summed E-state index contributed by atoms with van der Waals surface area (Å²) >= 11 is 1.90. The first-order valence-electron chi connectivity index (χ1n) is 21.2. The fourth-order valence-corrected chi connectivity index (χ4v) is 10.1. The predicted molar refractivity (Wildman–Crippen MR) is 267 cm³/mol. The summed E-state index contributed by atoms with van der Waals surface area (Å²) in [6.45, 7) is 0. The maximum absolute atomic E-state index is 2.35. The summed E-state index contributed by atoms with van der Waals surface area (Å²) in [6.07, 6.45) is 0. The molecule has 0 aliphatic carbocycles. The lowest BCUT2D eigenvalue weighted by atomic mass is 9.97. The fraction of sp³-hybridized carbons (Fsp3) is 0. The number of fused-ring (bicyclic) bond motifs is 3. The van der Waals surface area contributed by atoms with Crippen LogP contribution in [0.2, 0.25) is 0 Å². The molecule has 2 heteroatoms. The SMILES string of the molecule is c1ccc(-c2ccc(-c3ccc(N(c4ccc(-c5ccccc5)cc4)c4ccc(-c5cccc(-c6cccc7c6sc6c(-c8ccccc8)cccc67)c5)cc4)cc3)cc2)cc1. The van der Waals surface area contributed by atoms with E-state index in [2.05, 4.69) is 254 Å². The van der Waals surface area contributed by atoms with Crippen LogP contribution < -0.4 is 4.90 Å². The van der Waals surface area contributed by atoms with Gasteiger partial charge in [0.2, 0.25) is 0 Å². The van der Waals surface area contributed by atoms with Gasteiger partial charge in [0, 0.05) is 37.2 Å². The van der Waals surface area contributed by atoms with Gasteiger partial charge in [-0.1, -0.05) is 206 Å². The molecule has 11 rings (SSSR count). The van der Waals surface area contributed by atoms with E-state index in [1.54, 1.807) is 0 Å². The standard InChI is InChI=1S/C60H41NS/c1-4-13-42(14-5-1)44-25-27-45(28-26-44)47-31-37-53(38-32-47)61(52-35-29-46(30-36-52)43-15-6-2-7-16-43)54-39-33-48(34-40-54)50-19-10-20-51(41-50)56-22-12-24-58-57-23-11-21-55(59(57)62-60(56)58)49-17-8-3-9-18-49/h1-41H. The van der Waals surface area contributed by atoms with Crippen molar-refractivity contribution in [3.8, 4) is 66.8 Å². The molecule has 0 aliphatic rings. The quantitative estimate of drug-likeness (QED) is 0.140. The van der Waals surface area contributed by atoms with Crippen molar-refractivity contribution >= 4 is 48.6 Å². The molecular formula is C60H41NS. The van der Waals surface area contributed by atoms with E-state index in [4.69, 9.17) is 0 Å². The summed E-state index contributed by atoms with van der Waals surface area (Å²) in [4.78, 5) is 2.35. The van der Waals surface area contributed by atoms with E-state index in [0.29, 0.717) is 0 Å². The van der Waals surface area contributed by atoms with Crippen LogP contribution >= 0.6 is 11.3 Å². The molecule has 0 amide bonds. The molecule has 0 atom stereocenters. The second kappa shape index (κ2) is 16.3. The Morgan fingerprint density at radius 3 is 0.968 bits per heavy atom. The number of hydrogen-bond donors (Lipinski definition) is 0. The van der Waals surface area contributed by atoms with Crippen LogP contribution in [0.5, 0.6) is 0 Å². The van der Waals surface area contributed by atoms with Crippen LogP contribution in [0, 0.1) is 0 Å². The molecule has 10 aromatic carbocycles. The zero-order valence-electron chi connectivity index (χ0n) is 34.0. The highest BCUT2D eigenvalue weighted by Gasteiger charge is 2.16. The molecular weight excluding hydrogens is 767 g/mol. The lowest BCUT2D eigenvalue weighted by Gasteiger charge is -2.26. The highest BCUT2D eigenvalue weighted by molar-refractivity contribution is 7.26. The molecule has 0 fully saturated rings. The molecule has 0 bridgehead atoms. The van der Waals surface area contributed by atoms with Crippen molar-refractivity contribution in [2.75, 3.05) is 4.90 Å². The Labute approximate surface area is 367 Å². The largest absolute Gasteiger partial charge is 0.311 e. The van der Waals surface area contributed by atoms with E-state index in [0.717, 1.165) is 17.1 Å². The molecule has 62 heavy (non-hydrogen) atoms. The molecule has 0 radical (unpaired) electrons. The molecule has 292 valence electrons. The Morgan fingerprint density at radius 1 is 0.226 bits per heavy atom. The van der Waals surface area contributed by atoms with Crippen LogP contribution in [-0.4, -0.2) is 0 Å². The van der Waals surface area contributed by atoms with Crippen molar-refractivity contribution < 1.29 is 0 Å². The molecule has 0 aliphatic heterocycles. The van der Waals surface area contributed by atoms with Crippen molar-refractivity contribution in [2.24, 2.45) is 0 Å². The molecule has 1 heterocycles. The van der Waals surface area contributed by atoms with E-state index >= 15 is 0 Å². The Kier molecular flexibility index (Phi) is 9.82. The zero-order valence-corrected chi connectivity index (χ0v) is 34.8. The topological polar surface area (TPSA) is 3.24 Å². The van der Waals surface area contributed by atoms with Gasteiger partial charge < -0.3 is 4.90 Å². The van der Waals surface area contributed by atoms with Gasteiger partial charge >= 0.3 is 0 Å². The van der Waals surface area contributed by atoms with E-state index < -0.39 is 0 Å². The first-order chi connectivity index (χ1) is 30.7. The number of thiophene rings is 1. The van der Waals surface area contributed by atoms with E-state index in [-0.39, 0.29) is 0 Å². The summed E-state index contributed by atoms with van der Waals surface area (Å²) in [5, 5.41) is 2.62. The Morgan fingerprint density at radius 2 is 0.532 bits per heavy atom. The van der Waals surface area contributed by atoms with Crippen LogP contribution in [0.4, 0.5) is 17.1 Å². The first kappa shape index (κ1) is 37.2.